The summed E-state index contributed by atoms with van der Waals surface area (Å²) in [6, 6.07) is 12.1. The van der Waals surface area contributed by atoms with Gasteiger partial charge in [-0.15, -0.1) is 11.3 Å². The highest BCUT2D eigenvalue weighted by molar-refractivity contribution is 7.21. The Morgan fingerprint density at radius 1 is 0.881 bits per heavy atom. The first kappa shape index (κ1) is 30.0. The van der Waals surface area contributed by atoms with Crippen molar-refractivity contribution >= 4 is 62.1 Å². The summed E-state index contributed by atoms with van der Waals surface area (Å²) < 4.78 is 31.4. The van der Waals surface area contributed by atoms with Gasteiger partial charge in [-0.05, 0) is 24.3 Å². The number of benzene rings is 2. The van der Waals surface area contributed by atoms with Gasteiger partial charge in [0.2, 0.25) is 0 Å². The topological polar surface area (TPSA) is 161 Å². The summed E-state index contributed by atoms with van der Waals surface area (Å²) >= 11 is 1.33. The van der Waals surface area contributed by atoms with Gasteiger partial charge in [-0.2, -0.15) is 0 Å². The van der Waals surface area contributed by atoms with Crippen LogP contribution >= 0.6 is 11.3 Å². The van der Waals surface area contributed by atoms with Gasteiger partial charge in [0, 0.05) is 11.5 Å². The molecule has 4 aromatic rings. The minimum atomic E-state index is -0.801. The maximum absolute atomic E-state index is 13.0. The lowest BCUT2D eigenvalue weighted by molar-refractivity contribution is -0.153. The van der Waals surface area contributed by atoms with Crippen LogP contribution in [-0.2, 0) is 38.1 Å². The fraction of sp³-hybridized carbons (Fsp3) is 0.286. The van der Waals surface area contributed by atoms with Gasteiger partial charge in [-0.3, -0.25) is 19.2 Å². The molecule has 2 heterocycles. The van der Waals surface area contributed by atoms with Crippen LogP contribution in [0.5, 0.6) is 5.75 Å². The van der Waals surface area contributed by atoms with E-state index in [0.29, 0.717) is 10.4 Å². The molecular weight excluding hydrogens is 572 g/mol. The summed E-state index contributed by atoms with van der Waals surface area (Å²) in [4.78, 5) is 66.4. The number of aromatic nitrogens is 1. The van der Waals surface area contributed by atoms with E-state index in [1.54, 1.807) is 12.1 Å². The lowest BCUT2D eigenvalue weighted by Gasteiger charge is -2.25. The summed E-state index contributed by atoms with van der Waals surface area (Å²) in [6.45, 7) is -1.11. The molecule has 0 radical (unpaired) electrons. The molecule has 2 aromatic carbocycles. The zero-order valence-electron chi connectivity index (χ0n) is 22.9. The Kier molecular flexibility index (Phi) is 9.70. The molecule has 4 rings (SSSR count). The van der Waals surface area contributed by atoms with Crippen LogP contribution in [0.15, 0.2) is 51.7 Å². The van der Waals surface area contributed by atoms with E-state index in [-0.39, 0.29) is 48.9 Å². The molecule has 0 atom stereocenters. The number of carbonyl (C=O) groups is 4. The van der Waals surface area contributed by atoms with Gasteiger partial charge >= 0.3 is 29.5 Å². The van der Waals surface area contributed by atoms with Crippen molar-refractivity contribution in [2.24, 2.45) is 0 Å². The number of para-hydroxylation sites is 1. The number of nitrogens with zero attached hydrogens (tertiary/aromatic N) is 2. The van der Waals surface area contributed by atoms with Gasteiger partial charge in [0.05, 0.1) is 42.8 Å². The Balaban J connectivity index is 1.72. The highest BCUT2D eigenvalue weighted by Gasteiger charge is 2.23. The average Bonchev–Trinajstić information content (AvgIpc) is 3.42. The summed E-state index contributed by atoms with van der Waals surface area (Å²) in [5.41, 5.74) is 0.692. The van der Waals surface area contributed by atoms with Gasteiger partial charge < -0.3 is 33.0 Å². The number of methoxy groups -OCH3 is 3. The second-order valence-electron chi connectivity index (χ2n) is 8.62. The molecule has 220 valence electrons. The van der Waals surface area contributed by atoms with E-state index < -0.39 is 35.9 Å². The van der Waals surface area contributed by atoms with Gasteiger partial charge in [0.15, 0.2) is 0 Å². The minimum absolute atomic E-state index is 0.149. The van der Waals surface area contributed by atoms with Gasteiger partial charge in [0.25, 0.3) is 0 Å². The second-order valence-corrected chi connectivity index (χ2v) is 9.65. The molecule has 42 heavy (non-hydrogen) atoms. The summed E-state index contributed by atoms with van der Waals surface area (Å²) in [5.74, 6) is -2.69. The lowest BCUT2D eigenvalue weighted by Crippen LogP contribution is -2.36. The first-order chi connectivity index (χ1) is 20.2. The number of carbonyl (C=O) groups excluding carboxylic acids is 4. The van der Waals surface area contributed by atoms with Crippen LogP contribution in [0.25, 0.3) is 31.8 Å². The van der Waals surface area contributed by atoms with Crippen LogP contribution in [0.2, 0.25) is 0 Å². The zero-order valence-corrected chi connectivity index (χ0v) is 23.7. The van der Waals surface area contributed by atoms with Crippen LogP contribution in [0.4, 0.5) is 5.69 Å². The third-order valence-electron chi connectivity index (χ3n) is 5.89. The highest BCUT2D eigenvalue weighted by atomic mass is 32.1. The molecule has 0 unspecified atom stereocenters. The van der Waals surface area contributed by atoms with E-state index in [0.717, 1.165) is 17.3 Å². The third-order valence-corrected chi connectivity index (χ3v) is 6.96. The molecule has 0 spiro atoms. The maximum atomic E-state index is 13.0. The first-order valence-electron chi connectivity index (χ1n) is 12.4. The molecule has 0 aliphatic rings. The van der Waals surface area contributed by atoms with Crippen LogP contribution in [0, 0.1) is 0 Å². The summed E-state index contributed by atoms with van der Waals surface area (Å²) in [7, 11) is 3.54. The van der Waals surface area contributed by atoms with Crippen molar-refractivity contribution in [1.82, 2.24) is 4.98 Å². The first-order valence-corrected chi connectivity index (χ1v) is 13.3. The molecule has 14 heteroatoms. The van der Waals surface area contributed by atoms with Crippen molar-refractivity contribution in [2.45, 2.75) is 6.42 Å². The molecular formula is C28H26N2O11S. The molecule has 0 saturated carbocycles. The predicted molar refractivity (Wildman–Crippen MR) is 150 cm³/mol. The molecule has 0 bridgehead atoms. The molecule has 0 aliphatic carbocycles. The Labute approximate surface area is 242 Å². The predicted octanol–water partition coefficient (Wildman–Crippen LogP) is 2.71. The number of fused-ring (bicyclic) bond motifs is 2. The number of esters is 4. The molecule has 0 N–H and O–H groups in total. The normalized spacial score (nSPS) is 10.7. The number of anilines is 1. The van der Waals surface area contributed by atoms with Crippen LogP contribution in [0.1, 0.15) is 6.42 Å². The fourth-order valence-corrected chi connectivity index (χ4v) is 4.82. The third kappa shape index (κ3) is 7.20. The quantitative estimate of drug-likeness (QED) is 0.0770. The molecule has 13 nitrogen and oxygen atoms in total. The van der Waals surface area contributed by atoms with E-state index in [2.05, 4.69) is 9.72 Å². The minimum Gasteiger partial charge on any atom is -0.488 e. The maximum Gasteiger partial charge on any atom is 0.346 e. The SMILES string of the molecule is COC(=O)CC(=O)OCCOc1cc2cc(-c3nc4ccccc4s3)c(=O)oc2cc1N(CC(=O)OC)CC(=O)OC. The van der Waals surface area contributed by atoms with E-state index in [9.17, 15) is 24.0 Å². The lowest BCUT2D eigenvalue weighted by atomic mass is 10.1. The molecule has 0 amide bonds. The Morgan fingerprint density at radius 3 is 2.24 bits per heavy atom. The smallest absolute Gasteiger partial charge is 0.346 e. The fourth-order valence-electron chi connectivity index (χ4n) is 3.85. The second kappa shape index (κ2) is 13.6. The van der Waals surface area contributed by atoms with Crippen molar-refractivity contribution in [1.29, 1.82) is 0 Å². The van der Waals surface area contributed by atoms with Crippen molar-refractivity contribution < 1.29 is 47.3 Å². The van der Waals surface area contributed by atoms with Gasteiger partial charge in [-0.25, -0.2) is 9.78 Å². The summed E-state index contributed by atoms with van der Waals surface area (Å²) in [5, 5.41) is 0.926. The van der Waals surface area contributed by atoms with E-state index >= 15 is 0 Å². The summed E-state index contributed by atoms with van der Waals surface area (Å²) in [6.07, 6.45) is -0.558. The molecule has 2 aromatic heterocycles. The average molecular weight is 599 g/mol. The number of hydrogen-bond acceptors (Lipinski definition) is 14. The van der Waals surface area contributed by atoms with Crippen molar-refractivity contribution in [2.75, 3.05) is 52.5 Å². The monoisotopic (exact) mass is 598 g/mol. The van der Waals surface area contributed by atoms with Crippen molar-refractivity contribution in [3.8, 4) is 16.3 Å². The van der Waals surface area contributed by atoms with Crippen molar-refractivity contribution in [3.05, 3.63) is 52.9 Å². The molecule has 0 fully saturated rings. The van der Waals surface area contributed by atoms with E-state index in [1.807, 2.05) is 24.3 Å². The van der Waals surface area contributed by atoms with Gasteiger partial charge in [-0.1, -0.05) is 12.1 Å². The van der Waals surface area contributed by atoms with Crippen molar-refractivity contribution in [3.63, 3.8) is 0 Å². The molecule has 0 saturated heterocycles. The van der Waals surface area contributed by atoms with Crippen LogP contribution in [-0.4, -0.2) is 76.5 Å². The van der Waals surface area contributed by atoms with Gasteiger partial charge in [0.1, 0.15) is 49.1 Å². The Hall–Kier alpha value is -4.98. The molecule has 0 aliphatic heterocycles. The zero-order chi connectivity index (χ0) is 30.2. The number of hydrogen-bond donors (Lipinski definition) is 0. The highest BCUT2D eigenvalue weighted by Crippen LogP contribution is 2.36. The van der Waals surface area contributed by atoms with Crippen LogP contribution < -0.4 is 15.3 Å². The van der Waals surface area contributed by atoms with E-state index in [4.69, 9.17) is 23.4 Å². The largest absolute Gasteiger partial charge is 0.488 e. The van der Waals surface area contributed by atoms with E-state index in [1.165, 1.54) is 36.5 Å². The standard InChI is InChI=1S/C28H26N2O11S/c1-36-23(31)13-24(32)40-9-8-39-21-11-16-10-17(27-29-18-6-4-5-7-22(18)42-27)28(35)41-20(16)12-19(21)30(14-25(33)37-2)15-26(34)38-3/h4-7,10-12H,8-9,13-15H2,1-3H3. The van der Waals surface area contributed by atoms with Crippen LogP contribution in [0.3, 0.4) is 0 Å². The number of thiazole rings is 1. The Bertz CT molecular complexity index is 1640. The Morgan fingerprint density at radius 2 is 1.57 bits per heavy atom. The number of rotatable bonds is 12. The number of ether oxygens (including phenoxy) is 5.